The van der Waals surface area contributed by atoms with E-state index >= 15 is 0 Å². The zero-order valence-electron chi connectivity index (χ0n) is 9.97. The van der Waals surface area contributed by atoms with E-state index in [-0.39, 0.29) is 11.3 Å². The van der Waals surface area contributed by atoms with Crippen molar-refractivity contribution in [1.29, 1.82) is 0 Å². The van der Waals surface area contributed by atoms with Gasteiger partial charge in [-0.1, -0.05) is 29.8 Å². The maximum absolute atomic E-state index is 11.0. The summed E-state index contributed by atoms with van der Waals surface area (Å²) in [7, 11) is 0. The molecule has 0 saturated heterocycles. The van der Waals surface area contributed by atoms with Crippen molar-refractivity contribution in [1.82, 2.24) is 0 Å². The molecule has 0 aliphatic rings. The van der Waals surface area contributed by atoms with E-state index in [2.05, 4.69) is 0 Å². The largest absolute Gasteiger partial charge is 0.478 e. The Bertz CT molecular complexity index is 616. The Morgan fingerprint density at radius 3 is 2.68 bits per heavy atom. The second kappa shape index (κ2) is 5.99. The maximum atomic E-state index is 11.0. The smallest absolute Gasteiger partial charge is 0.337 e. The van der Waals surface area contributed by atoms with Crippen molar-refractivity contribution in [2.24, 2.45) is 0 Å². The van der Waals surface area contributed by atoms with E-state index in [4.69, 9.17) is 22.4 Å². The van der Waals surface area contributed by atoms with Gasteiger partial charge in [0.1, 0.15) is 0 Å². The summed E-state index contributed by atoms with van der Waals surface area (Å²) in [6.45, 7) is 0. The minimum Gasteiger partial charge on any atom is -0.478 e. The molecule has 3 N–H and O–H groups in total. The van der Waals surface area contributed by atoms with Crippen LogP contribution in [0.15, 0.2) is 47.4 Å². The maximum Gasteiger partial charge on any atom is 0.337 e. The number of hydrogen-bond acceptors (Lipinski definition) is 3. The monoisotopic (exact) mass is 293 g/mol. The Hall–Kier alpha value is -1.65. The van der Waals surface area contributed by atoms with Gasteiger partial charge in [-0.2, -0.15) is 0 Å². The summed E-state index contributed by atoms with van der Waals surface area (Å²) >= 11 is 7.59. The van der Waals surface area contributed by atoms with Crippen LogP contribution < -0.4 is 5.73 Å². The number of anilines is 1. The molecule has 2 aromatic carbocycles. The molecule has 98 valence electrons. The summed E-state index contributed by atoms with van der Waals surface area (Å²) in [5.74, 6) is -0.333. The zero-order valence-corrected chi connectivity index (χ0v) is 11.5. The zero-order chi connectivity index (χ0) is 13.8. The molecule has 0 bridgehead atoms. The third-order valence-corrected chi connectivity index (χ3v) is 4.02. The van der Waals surface area contributed by atoms with Gasteiger partial charge in [0.25, 0.3) is 0 Å². The van der Waals surface area contributed by atoms with E-state index in [1.807, 2.05) is 30.3 Å². The van der Waals surface area contributed by atoms with Crippen LogP contribution in [0.25, 0.3) is 0 Å². The van der Waals surface area contributed by atoms with E-state index in [1.54, 1.807) is 12.1 Å². The van der Waals surface area contributed by atoms with Gasteiger partial charge >= 0.3 is 5.97 Å². The summed E-state index contributed by atoms with van der Waals surface area (Å²) in [5.41, 5.74) is 7.03. The summed E-state index contributed by atoms with van der Waals surface area (Å²) in [4.78, 5) is 11.8. The lowest BCUT2D eigenvalue weighted by Crippen LogP contribution is -2.02. The van der Waals surface area contributed by atoms with Crippen LogP contribution >= 0.6 is 23.4 Å². The molecule has 0 aliphatic carbocycles. The third-order valence-electron chi connectivity index (χ3n) is 2.61. The lowest BCUT2D eigenvalue weighted by atomic mass is 10.2. The molecular weight excluding hydrogens is 282 g/mol. The van der Waals surface area contributed by atoms with E-state index in [1.165, 1.54) is 11.8 Å². The number of carboxylic acids is 1. The first-order chi connectivity index (χ1) is 9.08. The normalized spacial score (nSPS) is 10.4. The van der Waals surface area contributed by atoms with Gasteiger partial charge in [-0.25, -0.2) is 4.79 Å². The number of thioether (sulfide) groups is 1. The standard InChI is InChI=1S/C14H12ClNO2S/c15-12-4-2-1-3-9(12)8-19-10-5-6-13(16)11(7-10)14(17)18/h1-7H,8,16H2,(H,17,18). The molecule has 0 radical (unpaired) electrons. The molecule has 0 fully saturated rings. The number of aromatic carboxylic acids is 1. The molecule has 2 aromatic rings. The lowest BCUT2D eigenvalue weighted by molar-refractivity contribution is 0.0698. The fraction of sp³-hybridized carbons (Fsp3) is 0.0714. The third kappa shape index (κ3) is 3.43. The van der Waals surface area contributed by atoms with Gasteiger partial charge in [0, 0.05) is 21.4 Å². The minimum absolute atomic E-state index is 0.129. The van der Waals surface area contributed by atoms with Crippen LogP contribution in [0.3, 0.4) is 0 Å². The van der Waals surface area contributed by atoms with Gasteiger partial charge in [-0.3, -0.25) is 0 Å². The molecule has 0 heterocycles. The van der Waals surface area contributed by atoms with Crippen molar-refractivity contribution < 1.29 is 9.90 Å². The first-order valence-electron chi connectivity index (χ1n) is 5.57. The Balaban J connectivity index is 2.14. The van der Waals surface area contributed by atoms with Crippen molar-refractivity contribution in [2.45, 2.75) is 10.6 Å². The predicted molar refractivity (Wildman–Crippen MR) is 78.8 cm³/mol. The fourth-order valence-electron chi connectivity index (χ4n) is 1.59. The molecule has 0 aromatic heterocycles. The van der Waals surface area contributed by atoms with E-state index < -0.39 is 5.97 Å². The summed E-state index contributed by atoms with van der Waals surface area (Å²) in [6.07, 6.45) is 0. The molecule has 3 nitrogen and oxygen atoms in total. The molecule has 0 unspecified atom stereocenters. The van der Waals surface area contributed by atoms with Crippen LogP contribution in [0.1, 0.15) is 15.9 Å². The number of rotatable bonds is 4. The number of hydrogen-bond donors (Lipinski definition) is 2. The van der Waals surface area contributed by atoms with Crippen molar-refractivity contribution in [3.63, 3.8) is 0 Å². The van der Waals surface area contributed by atoms with Crippen LogP contribution in [0.5, 0.6) is 0 Å². The first kappa shape index (κ1) is 13.8. The number of benzene rings is 2. The number of nitrogens with two attached hydrogens (primary N) is 1. The first-order valence-corrected chi connectivity index (χ1v) is 6.93. The van der Waals surface area contributed by atoms with Crippen LogP contribution in [-0.4, -0.2) is 11.1 Å². The van der Waals surface area contributed by atoms with Gasteiger partial charge in [-0.15, -0.1) is 11.8 Å². The minimum atomic E-state index is -1.02. The van der Waals surface area contributed by atoms with Crippen LogP contribution in [0, 0.1) is 0 Å². The summed E-state index contributed by atoms with van der Waals surface area (Å²) < 4.78 is 0. The summed E-state index contributed by atoms with van der Waals surface area (Å²) in [5, 5.41) is 9.72. The average molecular weight is 294 g/mol. The van der Waals surface area contributed by atoms with E-state index in [0.29, 0.717) is 10.8 Å². The van der Waals surface area contributed by atoms with Crippen LogP contribution in [-0.2, 0) is 5.75 Å². The molecule has 0 saturated carbocycles. The van der Waals surface area contributed by atoms with Crippen molar-refractivity contribution in [2.75, 3.05) is 5.73 Å². The predicted octanol–water partition coefficient (Wildman–Crippen LogP) is 3.91. The van der Waals surface area contributed by atoms with Gasteiger partial charge in [0.15, 0.2) is 0 Å². The number of nitrogen functional groups attached to an aromatic ring is 1. The number of halogens is 1. The fourth-order valence-corrected chi connectivity index (χ4v) is 2.81. The van der Waals surface area contributed by atoms with Gasteiger partial charge < -0.3 is 10.8 Å². The molecule has 0 amide bonds. The Labute approximate surface area is 120 Å². The van der Waals surface area contributed by atoms with Crippen LogP contribution in [0.4, 0.5) is 5.69 Å². The highest BCUT2D eigenvalue weighted by Gasteiger charge is 2.09. The highest BCUT2D eigenvalue weighted by atomic mass is 35.5. The van der Waals surface area contributed by atoms with Crippen molar-refractivity contribution in [3.8, 4) is 0 Å². The average Bonchev–Trinajstić information content (AvgIpc) is 2.39. The summed E-state index contributed by atoms with van der Waals surface area (Å²) in [6, 6.07) is 12.6. The lowest BCUT2D eigenvalue weighted by Gasteiger charge is -2.06. The second-order valence-electron chi connectivity index (χ2n) is 3.93. The molecule has 0 spiro atoms. The van der Waals surface area contributed by atoms with E-state index in [0.717, 1.165) is 10.5 Å². The van der Waals surface area contributed by atoms with Crippen molar-refractivity contribution in [3.05, 3.63) is 58.6 Å². The highest BCUT2D eigenvalue weighted by Crippen LogP contribution is 2.28. The Morgan fingerprint density at radius 1 is 1.26 bits per heavy atom. The quantitative estimate of drug-likeness (QED) is 0.662. The Morgan fingerprint density at radius 2 is 2.00 bits per heavy atom. The molecule has 0 atom stereocenters. The molecule has 0 aliphatic heterocycles. The number of carboxylic acid groups (broad SMARTS) is 1. The molecular formula is C14H12ClNO2S. The Kier molecular flexibility index (Phi) is 4.35. The van der Waals surface area contributed by atoms with Gasteiger partial charge in [-0.05, 0) is 29.8 Å². The van der Waals surface area contributed by atoms with Crippen LogP contribution in [0.2, 0.25) is 5.02 Å². The molecule has 19 heavy (non-hydrogen) atoms. The van der Waals surface area contributed by atoms with Gasteiger partial charge in [0.05, 0.1) is 5.56 Å². The molecule has 5 heteroatoms. The van der Waals surface area contributed by atoms with Crippen molar-refractivity contribution >= 4 is 35.0 Å². The van der Waals surface area contributed by atoms with E-state index in [9.17, 15) is 4.79 Å². The van der Waals surface area contributed by atoms with Gasteiger partial charge in [0.2, 0.25) is 0 Å². The topological polar surface area (TPSA) is 63.3 Å². The second-order valence-corrected chi connectivity index (χ2v) is 5.39. The SMILES string of the molecule is Nc1ccc(SCc2ccccc2Cl)cc1C(=O)O. The molecule has 2 rings (SSSR count). The highest BCUT2D eigenvalue weighted by molar-refractivity contribution is 7.98. The number of carbonyl (C=O) groups is 1.